The number of allylic oxidation sites excluding steroid dienone is 1. The first-order valence-electron chi connectivity index (χ1n) is 8.22. The van der Waals surface area contributed by atoms with Crippen molar-refractivity contribution < 1.29 is 9.53 Å². The lowest BCUT2D eigenvalue weighted by Crippen LogP contribution is -2.51. The third-order valence-electron chi connectivity index (χ3n) is 4.35. The van der Waals surface area contributed by atoms with Crippen molar-refractivity contribution in [3.8, 4) is 0 Å². The molecule has 7 nitrogen and oxygen atoms in total. The van der Waals surface area contributed by atoms with Crippen molar-refractivity contribution in [3.63, 3.8) is 0 Å². The van der Waals surface area contributed by atoms with Crippen LogP contribution in [0.3, 0.4) is 0 Å². The summed E-state index contributed by atoms with van der Waals surface area (Å²) < 4.78 is 5.33. The molecule has 1 atom stereocenters. The van der Waals surface area contributed by atoms with E-state index in [0.29, 0.717) is 12.2 Å². The third kappa shape index (κ3) is 4.54. The number of carbonyl (C=O) groups is 1. The Bertz CT molecular complexity index is 695. The van der Waals surface area contributed by atoms with Crippen molar-refractivity contribution in [2.45, 2.75) is 26.3 Å². The second-order valence-electron chi connectivity index (χ2n) is 7.05. The largest absolute Gasteiger partial charge is 0.384 e. The summed E-state index contributed by atoms with van der Waals surface area (Å²) in [5.41, 5.74) is 6.31. The highest BCUT2D eigenvalue weighted by atomic mass is 16.5. The molecular weight excluding hydrogens is 330 g/mol. The van der Waals surface area contributed by atoms with Crippen molar-refractivity contribution in [2.75, 3.05) is 27.8 Å². The maximum atomic E-state index is 12.3. The van der Waals surface area contributed by atoms with Gasteiger partial charge in [-0.15, -0.1) is 0 Å². The Hall–Kier alpha value is -2.54. The SMILES string of the molecule is C=C(C=C(C)c1cncnc1)C(C=O)(N=C(N)N(C)C)C(C)(C)COC. The zero-order valence-electron chi connectivity index (χ0n) is 16.5. The molecule has 1 aromatic heterocycles. The van der Waals surface area contributed by atoms with Crippen LogP contribution in [0.2, 0.25) is 0 Å². The quantitative estimate of drug-likeness (QED) is 0.330. The lowest BCUT2D eigenvalue weighted by atomic mass is 9.69. The molecular formula is C19H29N5O2. The van der Waals surface area contributed by atoms with Crippen molar-refractivity contribution in [2.24, 2.45) is 16.1 Å². The number of aldehydes is 1. The van der Waals surface area contributed by atoms with Gasteiger partial charge in [-0.3, -0.25) is 0 Å². The van der Waals surface area contributed by atoms with Gasteiger partial charge in [-0.1, -0.05) is 26.5 Å². The number of nitrogens with two attached hydrogens (primary N) is 1. The molecule has 0 saturated heterocycles. The van der Waals surface area contributed by atoms with E-state index in [1.165, 1.54) is 6.33 Å². The molecule has 1 unspecified atom stereocenters. The molecule has 0 aliphatic rings. The minimum atomic E-state index is -1.28. The zero-order valence-corrected chi connectivity index (χ0v) is 16.5. The number of guanidine groups is 1. The standard InChI is InChI=1S/C19H29N5O2/c1-14(16-9-21-13-22-10-16)8-15(2)19(11-25,18(3,4)12-26-7)23-17(20)24(5)6/h8-11,13H,2,12H2,1,3-7H3,(H2,20,23). The molecule has 0 amide bonds. The first-order chi connectivity index (χ1) is 12.1. The fraction of sp³-hybridized carbons (Fsp3) is 0.474. The van der Waals surface area contributed by atoms with Gasteiger partial charge in [-0.2, -0.15) is 0 Å². The van der Waals surface area contributed by atoms with Crippen molar-refractivity contribution >= 4 is 17.8 Å². The Morgan fingerprint density at radius 2 is 1.96 bits per heavy atom. The topological polar surface area (TPSA) is 93.7 Å². The van der Waals surface area contributed by atoms with E-state index in [1.807, 2.05) is 26.8 Å². The van der Waals surface area contributed by atoms with Gasteiger partial charge < -0.3 is 20.2 Å². The van der Waals surface area contributed by atoms with Gasteiger partial charge in [0.25, 0.3) is 0 Å². The molecule has 1 heterocycles. The van der Waals surface area contributed by atoms with Crippen molar-refractivity contribution in [1.82, 2.24) is 14.9 Å². The third-order valence-corrected chi connectivity index (χ3v) is 4.35. The van der Waals surface area contributed by atoms with Crippen LogP contribution in [0.15, 0.2) is 41.9 Å². The van der Waals surface area contributed by atoms with Crippen molar-refractivity contribution in [1.29, 1.82) is 0 Å². The molecule has 0 saturated carbocycles. The van der Waals surface area contributed by atoms with Gasteiger partial charge in [0.15, 0.2) is 17.8 Å². The maximum Gasteiger partial charge on any atom is 0.192 e. The summed E-state index contributed by atoms with van der Waals surface area (Å²) in [7, 11) is 5.12. The number of aromatic nitrogens is 2. The summed E-state index contributed by atoms with van der Waals surface area (Å²) >= 11 is 0. The average molecular weight is 359 g/mol. The van der Waals surface area contributed by atoms with Crippen LogP contribution in [0.4, 0.5) is 0 Å². The first kappa shape index (κ1) is 21.5. The second kappa shape index (κ2) is 8.71. The van der Waals surface area contributed by atoms with E-state index in [0.717, 1.165) is 17.4 Å². The van der Waals surface area contributed by atoms with Crippen LogP contribution >= 0.6 is 0 Å². The summed E-state index contributed by atoms with van der Waals surface area (Å²) in [6, 6.07) is 0. The van der Waals surface area contributed by atoms with E-state index in [-0.39, 0.29) is 5.96 Å². The van der Waals surface area contributed by atoms with E-state index in [1.54, 1.807) is 38.5 Å². The fourth-order valence-corrected chi connectivity index (χ4v) is 2.63. The van der Waals surface area contributed by atoms with Crippen molar-refractivity contribution in [3.05, 3.63) is 42.5 Å². The van der Waals surface area contributed by atoms with Crippen LogP contribution in [0.1, 0.15) is 26.3 Å². The molecule has 7 heteroatoms. The fourth-order valence-electron chi connectivity index (χ4n) is 2.63. The van der Waals surface area contributed by atoms with Gasteiger partial charge in [0.2, 0.25) is 0 Å². The number of methoxy groups -OCH3 is 1. The Morgan fingerprint density at radius 1 is 1.38 bits per heavy atom. The minimum absolute atomic E-state index is 0.233. The van der Waals surface area contributed by atoms with E-state index >= 15 is 0 Å². The molecule has 0 aromatic carbocycles. The number of ether oxygens (including phenoxy) is 1. The molecule has 0 bridgehead atoms. The lowest BCUT2D eigenvalue weighted by molar-refractivity contribution is -0.115. The van der Waals surface area contributed by atoms with Gasteiger partial charge >= 0.3 is 0 Å². The molecule has 142 valence electrons. The van der Waals surface area contributed by atoms with Crippen LogP contribution in [-0.4, -0.2) is 60.5 Å². The van der Waals surface area contributed by atoms with Gasteiger partial charge in [0.05, 0.1) is 6.61 Å². The lowest BCUT2D eigenvalue weighted by Gasteiger charge is -2.40. The maximum absolute atomic E-state index is 12.3. The van der Waals surface area contributed by atoms with Gasteiger partial charge in [0, 0.05) is 44.6 Å². The van der Waals surface area contributed by atoms with Gasteiger partial charge in [-0.05, 0) is 18.1 Å². The summed E-state index contributed by atoms with van der Waals surface area (Å²) in [6.07, 6.45) is 7.47. The highest BCUT2D eigenvalue weighted by molar-refractivity contribution is 5.85. The van der Waals surface area contributed by atoms with E-state index in [9.17, 15) is 4.79 Å². The number of nitrogens with zero attached hydrogens (tertiary/aromatic N) is 4. The van der Waals surface area contributed by atoms with E-state index < -0.39 is 11.0 Å². The Morgan fingerprint density at radius 3 is 2.42 bits per heavy atom. The van der Waals surface area contributed by atoms with Crippen LogP contribution in [0.5, 0.6) is 0 Å². The Balaban J connectivity index is 3.51. The molecule has 0 aliphatic carbocycles. The Kier molecular flexibility index (Phi) is 7.20. The smallest absolute Gasteiger partial charge is 0.192 e. The predicted molar refractivity (Wildman–Crippen MR) is 105 cm³/mol. The molecule has 1 rings (SSSR count). The summed E-state index contributed by atoms with van der Waals surface area (Å²) in [5, 5.41) is 0. The van der Waals surface area contributed by atoms with Crippen LogP contribution in [-0.2, 0) is 9.53 Å². The number of hydrogen-bond donors (Lipinski definition) is 1. The van der Waals surface area contributed by atoms with Crippen LogP contribution in [0, 0.1) is 5.41 Å². The average Bonchev–Trinajstić information content (AvgIpc) is 2.59. The number of carbonyl (C=O) groups excluding carboxylic acids is 1. The molecule has 26 heavy (non-hydrogen) atoms. The van der Waals surface area contributed by atoms with Crippen LogP contribution in [0.25, 0.3) is 5.57 Å². The molecule has 0 aliphatic heterocycles. The van der Waals surface area contributed by atoms with Gasteiger partial charge in [-0.25, -0.2) is 15.0 Å². The van der Waals surface area contributed by atoms with E-state index in [4.69, 9.17) is 10.5 Å². The first-order valence-corrected chi connectivity index (χ1v) is 8.22. The summed E-state index contributed by atoms with van der Waals surface area (Å²) in [5.74, 6) is 0.233. The predicted octanol–water partition coefficient (Wildman–Crippen LogP) is 1.92. The number of rotatable bonds is 8. The monoisotopic (exact) mass is 359 g/mol. The van der Waals surface area contributed by atoms with Crippen LogP contribution < -0.4 is 5.73 Å². The minimum Gasteiger partial charge on any atom is -0.384 e. The normalized spacial score (nSPS) is 15.3. The zero-order chi connectivity index (χ0) is 20.0. The van der Waals surface area contributed by atoms with Gasteiger partial charge in [0.1, 0.15) is 6.33 Å². The Labute approximate surface area is 155 Å². The second-order valence-corrected chi connectivity index (χ2v) is 7.05. The molecule has 0 fully saturated rings. The highest BCUT2D eigenvalue weighted by Crippen LogP contribution is 2.40. The summed E-state index contributed by atoms with van der Waals surface area (Å²) in [4.78, 5) is 26.6. The highest BCUT2D eigenvalue weighted by Gasteiger charge is 2.47. The summed E-state index contributed by atoms with van der Waals surface area (Å²) in [6.45, 7) is 10.1. The molecule has 0 spiro atoms. The van der Waals surface area contributed by atoms with E-state index in [2.05, 4.69) is 21.5 Å². The molecule has 0 radical (unpaired) electrons. The molecule has 1 aromatic rings. The molecule has 2 N–H and O–H groups in total. The number of aliphatic imine (C=N–C) groups is 1. The number of hydrogen-bond acceptors (Lipinski definition) is 5.